The lowest BCUT2D eigenvalue weighted by Gasteiger charge is -2.18. The summed E-state index contributed by atoms with van der Waals surface area (Å²) in [6.45, 7) is 4.04. The van der Waals surface area contributed by atoms with Crippen LogP contribution in [0.5, 0.6) is 5.75 Å². The Bertz CT molecular complexity index is 863. The van der Waals surface area contributed by atoms with Crippen molar-refractivity contribution in [2.24, 2.45) is 0 Å². The van der Waals surface area contributed by atoms with Crippen LogP contribution >= 0.6 is 0 Å². The number of ether oxygens (including phenoxy) is 1. The molecule has 2 N–H and O–H groups in total. The van der Waals surface area contributed by atoms with E-state index in [1.165, 1.54) is 25.1 Å². The van der Waals surface area contributed by atoms with Crippen molar-refractivity contribution in [2.45, 2.75) is 32.7 Å². The molecule has 0 saturated carbocycles. The summed E-state index contributed by atoms with van der Waals surface area (Å²) in [5.41, 5.74) is 0.789. The van der Waals surface area contributed by atoms with Crippen LogP contribution < -0.4 is 10.1 Å². The van der Waals surface area contributed by atoms with Crippen LogP contribution in [0, 0.1) is 17.0 Å². The van der Waals surface area contributed by atoms with Crippen molar-refractivity contribution >= 4 is 17.6 Å². The van der Waals surface area contributed by atoms with Crippen LogP contribution in [0.15, 0.2) is 42.5 Å². The first-order valence-corrected chi connectivity index (χ1v) is 8.83. The Balaban J connectivity index is 2.25. The third-order valence-corrected chi connectivity index (χ3v) is 4.19. The molecule has 1 unspecified atom stereocenters. The summed E-state index contributed by atoms with van der Waals surface area (Å²) in [6.07, 6.45) is 0.539. The zero-order chi connectivity index (χ0) is 20.7. The van der Waals surface area contributed by atoms with Crippen molar-refractivity contribution < 1.29 is 24.4 Å². The van der Waals surface area contributed by atoms with Crippen molar-refractivity contribution in [3.8, 4) is 5.75 Å². The number of hydrogen-bond acceptors (Lipinski definition) is 5. The number of carboxylic acid groups (broad SMARTS) is 1. The average molecular weight is 386 g/mol. The van der Waals surface area contributed by atoms with E-state index < -0.39 is 22.8 Å². The molecule has 8 nitrogen and oxygen atoms in total. The quantitative estimate of drug-likeness (QED) is 0.502. The number of carbonyl (C=O) groups is 2. The number of carboxylic acids is 1. The number of nitro groups is 1. The Morgan fingerprint density at radius 2 is 1.89 bits per heavy atom. The fourth-order valence-corrected chi connectivity index (χ4v) is 2.75. The summed E-state index contributed by atoms with van der Waals surface area (Å²) in [5, 5.41) is 22.9. The highest BCUT2D eigenvalue weighted by atomic mass is 16.6. The van der Waals surface area contributed by atoms with Crippen LogP contribution in [0.3, 0.4) is 0 Å². The van der Waals surface area contributed by atoms with Gasteiger partial charge in [-0.25, -0.2) is 0 Å². The van der Waals surface area contributed by atoms with Crippen molar-refractivity contribution in [3.63, 3.8) is 0 Å². The number of aliphatic carboxylic acids is 1. The zero-order valence-electron chi connectivity index (χ0n) is 15.7. The second-order valence-corrected chi connectivity index (χ2v) is 6.25. The lowest BCUT2D eigenvalue weighted by atomic mass is 10.0. The fraction of sp³-hybridized carbons (Fsp3) is 0.300. The number of benzene rings is 2. The number of carbonyl (C=O) groups excluding carboxylic acids is 1. The molecule has 0 aliphatic rings. The van der Waals surface area contributed by atoms with Crippen molar-refractivity contribution in [3.05, 3.63) is 69.3 Å². The van der Waals surface area contributed by atoms with Crippen molar-refractivity contribution in [2.75, 3.05) is 6.61 Å². The van der Waals surface area contributed by atoms with Crippen molar-refractivity contribution in [1.82, 2.24) is 5.32 Å². The van der Waals surface area contributed by atoms with E-state index in [-0.39, 0.29) is 23.2 Å². The molecule has 0 saturated heterocycles. The highest BCUT2D eigenvalue weighted by molar-refractivity contribution is 5.97. The van der Waals surface area contributed by atoms with Crippen LogP contribution in [-0.2, 0) is 4.79 Å². The van der Waals surface area contributed by atoms with E-state index in [9.17, 15) is 24.8 Å². The van der Waals surface area contributed by atoms with Gasteiger partial charge in [0.05, 0.1) is 24.0 Å². The summed E-state index contributed by atoms with van der Waals surface area (Å²) in [7, 11) is 0. The number of nitrogens with zero attached hydrogens (tertiary/aromatic N) is 1. The first kappa shape index (κ1) is 20.9. The zero-order valence-corrected chi connectivity index (χ0v) is 15.7. The number of nitro benzene ring substituents is 1. The van der Waals surface area contributed by atoms with Crippen LogP contribution in [0.4, 0.5) is 5.69 Å². The van der Waals surface area contributed by atoms with E-state index in [2.05, 4.69) is 5.32 Å². The van der Waals surface area contributed by atoms with Gasteiger partial charge in [-0.3, -0.25) is 19.7 Å². The normalized spacial score (nSPS) is 11.5. The highest BCUT2D eigenvalue weighted by Crippen LogP contribution is 2.24. The molecule has 0 heterocycles. The number of amides is 1. The first-order valence-electron chi connectivity index (χ1n) is 8.83. The van der Waals surface area contributed by atoms with E-state index in [0.717, 1.165) is 6.42 Å². The van der Waals surface area contributed by atoms with Gasteiger partial charge in [-0.05, 0) is 37.1 Å². The Kier molecular flexibility index (Phi) is 7.08. The number of nitrogens with one attached hydrogen (secondary N) is 1. The number of rotatable bonds is 9. The van der Waals surface area contributed by atoms with Gasteiger partial charge in [0, 0.05) is 17.2 Å². The predicted molar refractivity (Wildman–Crippen MR) is 103 cm³/mol. The topological polar surface area (TPSA) is 119 Å². The second-order valence-electron chi connectivity index (χ2n) is 6.25. The monoisotopic (exact) mass is 386 g/mol. The maximum absolute atomic E-state index is 12.7. The maximum atomic E-state index is 12.7. The molecule has 0 fully saturated rings. The molecular weight excluding hydrogens is 364 g/mol. The molecule has 0 aliphatic heterocycles. The number of hydrogen-bond donors (Lipinski definition) is 2. The highest BCUT2D eigenvalue weighted by Gasteiger charge is 2.22. The molecule has 0 aromatic heterocycles. The molecule has 0 radical (unpaired) electrons. The molecule has 2 rings (SSSR count). The first-order chi connectivity index (χ1) is 13.3. The predicted octanol–water partition coefficient (Wildman–Crippen LogP) is 3.64. The molecule has 1 atom stereocenters. The molecule has 2 aromatic rings. The minimum Gasteiger partial charge on any atom is -0.494 e. The van der Waals surface area contributed by atoms with Crippen molar-refractivity contribution in [1.29, 1.82) is 0 Å². The Hall–Kier alpha value is -3.42. The summed E-state index contributed by atoms with van der Waals surface area (Å²) >= 11 is 0. The summed E-state index contributed by atoms with van der Waals surface area (Å²) in [6, 6.07) is 10.2. The van der Waals surface area contributed by atoms with Gasteiger partial charge in [-0.1, -0.05) is 25.1 Å². The smallest absolute Gasteiger partial charge is 0.305 e. The van der Waals surface area contributed by atoms with E-state index in [1.807, 2.05) is 6.92 Å². The third-order valence-electron chi connectivity index (χ3n) is 4.19. The van der Waals surface area contributed by atoms with E-state index in [4.69, 9.17) is 4.74 Å². The van der Waals surface area contributed by atoms with E-state index >= 15 is 0 Å². The molecule has 2 aromatic carbocycles. The Labute approximate surface area is 162 Å². The molecule has 1 amide bonds. The van der Waals surface area contributed by atoms with Gasteiger partial charge in [0.2, 0.25) is 0 Å². The Morgan fingerprint density at radius 3 is 2.46 bits per heavy atom. The van der Waals surface area contributed by atoms with Crippen LogP contribution in [-0.4, -0.2) is 28.5 Å². The minimum atomic E-state index is -1.08. The van der Waals surface area contributed by atoms with E-state index in [0.29, 0.717) is 17.9 Å². The van der Waals surface area contributed by atoms with Gasteiger partial charge < -0.3 is 15.2 Å². The van der Waals surface area contributed by atoms with Gasteiger partial charge in [-0.15, -0.1) is 0 Å². The summed E-state index contributed by atoms with van der Waals surface area (Å²) in [5.74, 6) is -0.994. The largest absolute Gasteiger partial charge is 0.494 e. The standard InChI is InChI=1S/C20H22N2O6/c1-3-11-28-15-9-7-14(8-10-15)17(12-19(23)24)21-20(25)16-5-4-6-18(13(16)2)22(26)27/h4-10,17H,3,11-12H2,1-2H3,(H,21,25)(H,23,24). The van der Waals surface area contributed by atoms with Crippen LogP contribution in [0.2, 0.25) is 0 Å². The second kappa shape index (κ2) is 9.50. The van der Waals surface area contributed by atoms with Gasteiger partial charge in [0.15, 0.2) is 0 Å². The minimum absolute atomic E-state index is 0.132. The molecule has 0 spiro atoms. The van der Waals surface area contributed by atoms with Crippen LogP contribution in [0.1, 0.15) is 47.3 Å². The Morgan fingerprint density at radius 1 is 1.21 bits per heavy atom. The molecule has 0 aliphatic carbocycles. The van der Waals surface area contributed by atoms with Gasteiger partial charge in [0.25, 0.3) is 11.6 Å². The van der Waals surface area contributed by atoms with Gasteiger partial charge >= 0.3 is 5.97 Å². The lowest BCUT2D eigenvalue weighted by molar-refractivity contribution is -0.385. The van der Waals surface area contributed by atoms with E-state index in [1.54, 1.807) is 24.3 Å². The third kappa shape index (κ3) is 5.29. The van der Waals surface area contributed by atoms with Gasteiger partial charge in [-0.2, -0.15) is 0 Å². The SMILES string of the molecule is CCCOc1ccc(C(CC(=O)O)NC(=O)c2cccc([N+](=O)[O-])c2C)cc1. The van der Waals surface area contributed by atoms with Gasteiger partial charge in [0.1, 0.15) is 5.75 Å². The molecule has 8 heteroatoms. The lowest BCUT2D eigenvalue weighted by Crippen LogP contribution is -2.30. The fourth-order valence-electron chi connectivity index (χ4n) is 2.75. The molecule has 148 valence electrons. The average Bonchev–Trinajstić information content (AvgIpc) is 2.65. The summed E-state index contributed by atoms with van der Waals surface area (Å²) in [4.78, 5) is 34.4. The molecular formula is C20H22N2O6. The molecule has 0 bridgehead atoms. The maximum Gasteiger partial charge on any atom is 0.305 e. The summed E-state index contributed by atoms with van der Waals surface area (Å²) < 4.78 is 5.51. The van der Waals surface area contributed by atoms with Crippen LogP contribution in [0.25, 0.3) is 0 Å². The molecule has 28 heavy (non-hydrogen) atoms.